The lowest BCUT2D eigenvalue weighted by atomic mass is 9.71. The first-order valence-corrected chi connectivity index (χ1v) is 6.54. The summed E-state index contributed by atoms with van der Waals surface area (Å²) >= 11 is 3.60. The molecule has 0 radical (unpaired) electrons. The van der Waals surface area contributed by atoms with Gasteiger partial charge in [0.15, 0.2) is 0 Å². The van der Waals surface area contributed by atoms with E-state index in [-0.39, 0.29) is 29.6 Å². The van der Waals surface area contributed by atoms with Crippen LogP contribution in [0.5, 0.6) is 0 Å². The summed E-state index contributed by atoms with van der Waals surface area (Å²) in [6, 6.07) is 0. The predicted octanol–water partition coefficient (Wildman–Crippen LogP) is 2.90. The Labute approximate surface area is 110 Å². The molecule has 0 saturated carbocycles. The second-order valence-electron chi connectivity index (χ2n) is 4.42. The lowest BCUT2D eigenvalue weighted by Gasteiger charge is -2.33. The van der Waals surface area contributed by atoms with Crippen LogP contribution in [0.1, 0.15) is 13.3 Å². The largest absolute Gasteiger partial charge is 0.465 e. The number of halogens is 1. The third-order valence-electron chi connectivity index (χ3n) is 3.53. The highest BCUT2D eigenvalue weighted by Gasteiger charge is 2.46. The number of esters is 1. The Balaban J connectivity index is 2.31. The molecule has 1 aliphatic heterocycles. The molecule has 0 aromatic rings. The fourth-order valence-corrected chi connectivity index (χ4v) is 3.47. The number of ether oxygens (including phenoxy) is 1. The SMILES string of the molecule is C=C[C@@H]1[C@H]2C(=O)OC[C@H]2C=C(Br)[C@H]1CC#CC. The highest BCUT2D eigenvalue weighted by Crippen LogP contribution is 2.45. The third-order valence-corrected chi connectivity index (χ3v) is 4.38. The average Bonchev–Trinajstić information content (AvgIpc) is 2.67. The molecule has 0 aromatic heterocycles. The Hall–Kier alpha value is -1.01. The molecule has 1 aliphatic carbocycles. The zero-order chi connectivity index (χ0) is 12.4. The van der Waals surface area contributed by atoms with E-state index in [0.29, 0.717) is 6.61 Å². The molecule has 1 heterocycles. The molecule has 1 saturated heterocycles. The van der Waals surface area contributed by atoms with Gasteiger partial charge < -0.3 is 4.74 Å². The Morgan fingerprint density at radius 3 is 3.12 bits per heavy atom. The van der Waals surface area contributed by atoms with Crippen molar-refractivity contribution in [3.63, 3.8) is 0 Å². The minimum absolute atomic E-state index is 0.0718. The molecule has 0 bridgehead atoms. The molecule has 2 nitrogen and oxygen atoms in total. The Bertz CT molecular complexity index is 427. The first-order chi connectivity index (χ1) is 8.19. The number of hydrogen-bond donors (Lipinski definition) is 0. The number of carbonyl (C=O) groups excluding carboxylic acids is 1. The van der Waals surface area contributed by atoms with Crippen molar-refractivity contribution < 1.29 is 9.53 Å². The van der Waals surface area contributed by atoms with Gasteiger partial charge >= 0.3 is 5.97 Å². The summed E-state index contributed by atoms with van der Waals surface area (Å²) in [6.45, 7) is 6.19. The molecule has 0 amide bonds. The molecule has 0 spiro atoms. The van der Waals surface area contributed by atoms with Crippen molar-refractivity contribution in [1.82, 2.24) is 0 Å². The molecule has 3 heteroatoms. The van der Waals surface area contributed by atoms with E-state index in [1.165, 1.54) is 0 Å². The van der Waals surface area contributed by atoms with E-state index in [2.05, 4.69) is 40.4 Å². The van der Waals surface area contributed by atoms with Gasteiger partial charge in [-0.15, -0.1) is 18.4 Å². The van der Waals surface area contributed by atoms with Crippen molar-refractivity contribution in [3.05, 3.63) is 23.2 Å². The van der Waals surface area contributed by atoms with Crippen LogP contribution in [0.15, 0.2) is 23.2 Å². The first-order valence-electron chi connectivity index (χ1n) is 5.75. The molecule has 90 valence electrons. The second-order valence-corrected chi connectivity index (χ2v) is 5.34. The smallest absolute Gasteiger partial charge is 0.310 e. The van der Waals surface area contributed by atoms with E-state index in [0.717, 1.165) is 10.9 Å². The van der Waals surface area contributed by atoms with E-state index in [1.807, 2.05) is 13.0 Å². The maximum Gasteiger partial charge on any atom is 0.310 e. The van der Waals surface area contributed by atoms with E-state index in [9.17, 15) is 4.79 Å². The monoisotopic (exact) mass is 294 g/mol. The molecule has 0 aromatic carbocycles. The molecule has 1 fully saturated rings. The van der Waals surface area contributed by atoms with Crippen LogP contribution in [0.25, 0.3) is 0 Å². The van der Waals surface area contributed by atoms with Gasteiger partial charge in [0.25, 0.3) is 0 Å². The molecule has 0 N–H and O–H groups in total. The molecule has 2 rings (SSSR count). The normalized spacial score (nSPS) is 35.2. The molecular formula is C14H15BrO2. The van der Waals surface area contributed by atoms with Gasteiger partial charge in [0.2, 0.25) is 0 Å². The maximum absolute atomic E-state index is 11.8. The van der Waals surface area contributed by atoms with Crippen LogP contribution in [-0.2, 0) is 9.53 Å². The zero-order valence-corrected chi connectivity index (χ0v) is 11.4. The summed E-state index contributed by atoms with van der Waals surface area (Å²) in [7, 11) is 0. The number of carbonyl (C=O) groups is 1. The van der Waals surface area contributed by atoms with Gasteiger partial charge in [0.05, 0.1) is 12.5 Å². The number of fused-ring (bicyclic) bond motifs is 1. The van der Waals surface area contributed by atoms with Crippen molar-refractivity contribution in [2.45, 2.75) is 13.3 Å². The maximum atomic E-state index is 11.8. The zero-order valence-electron chi connectivity index (χ0n) is 9.78. The van der Waals surface area contributed by atoms with Crippen LogP contribution in [0.2, 0.25) is 0 Å². The lowest BCUT2D eigenvalue weighted by Crippen LogP contribution is -2.33. The van der Waals surface area contributed by atoms with Crippen molar-refractivity contribution in [2.24, 2.45) is 23.7 Å². The molecule has 4 atom stereocenters. The minimum atomic E-state index is -0.0920. The van der Waals surface area contributed by atoms with Gasteiger partial charge in [-0.3, -0.25) is 4.79 Å². The van der Waals surface area contributed by atoms with Crippen LogP contribution in [0.4, 0.5) is 0 Å². The topological polar surface area (TPSA) is 26.3 Å². The second kappa shape index (κ2) is 5.10. The summed E-state index contributed by atoms with van der Waals surface area (Å²) in [6.07, 6.45) is 4.73. The average molecular weight is 295 g/mol. The summed E-state index contributed by atoms with van der Waals surface area (Å²) in [5.41, 5.74) is 0. The van der Waals surface area contributed by atoms with Crippen molar-refractivity contribution in [1.29, 1.82) is 0 Å². The Kier molecular flexibility index (Phi) is 3.73. The van der Waals surface area contributed by atoms with Crippen LogP contribution < -0.4 is 0 Å². The Morgan fingerprint density at radius 1 is 1.71 bits per heavy atom. The predicted molar refractivity (Wildman–Crippen MR) is 70.2 cm³/mol. The van der Waals surface area contributed by atoms with E-state index in [1.54, 1.807) is 0 Å². The van der Waals surface area contributed by atoms with Crippen molar-refractivity contribution >= 4 is 21.9 Å². The van der Waals surface area contributed by atoms with E-state index >= 15 is 0 Å². The molecular weight excluding hydrogens is 280 g/mol. The minimum Gasteiger partial charge on any atom is -0.465 e. The first kappa shape index (κ1) is 12.4. The summed E-state index contributed by atoms with van der Waals surface area (Å²) in [5.74, 6) is 6.36. The number of cyclic esters (lactones) is 1. The number of rotatable bonds is 2. The third kappa shape index (κ3) is 2.19. The van der Waals surface area contributed by atoms with Gasteiger partial charge in [-0.25, -0.2) is 0 Å². The van der Waals surface area contributed by atoms with Crippen molar-refractivity contribution in [3.8, 4) is 11.8 Å². The van der Waals surface area contributed by atoms with Crippen LogP contribution in [0, 0.1) is 35.5 Å². The summed E-state index contributed by atoms with van der Waals surface area (Å²) in [5, 5.41) is 0. The van der Waals surface area contributed by atoms with E-state index in [4.69, 9.17) is 4.74 Å². The van der Waals surface area contributed by atoms with Crippen molar-refractivity contribution in [2.75, 3.05) is 6.61 Å². The quantitative estimate of drug-likeness (QED) is 0.445. The van der Waals surface area contributed by atoms with Crippen LogP contribution in [0.3, 0.4) is 0 Å². The Morgan fingerprint density at radius 2 is 2.47 bits per heavy atom. The highest BCUT2D eigenvalue weighted by atomic mass is 79.9. The standard InChI is InChI=1S/C14H15BrO2/c1-3-5-6-11-10(4-2)13-9(7-12(11)15)8-17-14(13)16/h4,7,9-11,13H,2,6,8H2,1H3/t9-,10+,11+,13+/m1/s1. The number of allylic oxidation sites excluding steroid dienone is 2. The fourth-order valence-electron chi connectivity index (χ4n) is 2.67. The molecule has 2 aliphatic rings. The van der Waals surface area contributed by atoms with Gasteiger partial charge in [0, 0.05) is 18.3 Å². The van der Waals surface area contributed by atoms with Gasteiger partial charge in [-0.05, 0) is 17.3 Å². The summed E-state index contributed by atoms with van der Waals surface area (Å²) in [4.78, 5) is 11.8. The van der Waals surface area contributed by atoms with Gasteiger partial charge in [0.1, 0.15) is 0 Å². The highest BCUT2D eigenvalue weighted by molar-refractivity contribution is 9.11. The number of hydrogen-bond acceptors (Lipinski definition) is 2. The van der Waals surface area contributed by atoms with Crippen LogP contribution in [-0.4, -0.2) is 12.6 Å². The fraction of sp³-hybridized carbons (Fsp3) is 0.500. The molecule has 0 unspecified atom stereocenters. The molecule has 17 heavy (non-hydrogen) atoms. The van der Waals surface area contributed by atoms with Gasteiger partial charge in [-0.1, -0.05) is 28.1 Å². The van der Waals surface area contributed by atoms with E-state index < -0.39 is 0 Å². The lowest BCUT2D eigenvalue weighted by molar-refractivity contribution is -0.142. The van der Waals surface area contributed by atoms with Crippen LogP contribution >= 0.6 is 15.9 Å². The summed E-state index contributed by atoms with van der Waals surface area (Å²) < 4.78 is 6.27. The van der Waals surface area contributed by atoms with Gasteiger partial charge in [-0.2, -0.15) is 0 Å².